The summed E-state index contributed by atoms with van der Waals surface area (Å²) < 4.78 is 1.89. The third-order valence-corrected chi connectivity index (χ3v) is 5.55. The average molecular weight is 405 g/mol. The van der Waals surface area contributed by atoms with Crippen LogP contribution < -0.4 is 5.32 Å². The molecule has 6 nitrogen and oxygen atoms in total. The Morgan fingerprint density at radius 1 is 1.10 bits per heavy atom. The van der Waals surface area contributed by atoms with Crippen molar-refractivity contribution in [3.63, 3.8) is 0 Å². The summed E-state index contributed by atoms with van der Waals surface area (Å²) in [5.41, 5.74) is 4.71. The maximum Gasteiger partial charge on any atom is 0.223 e. The van der Waals surface area contributed by atoms with Crippen LogP contribution in [-0.4, -0.2) is 50.7 Å². The first-order valence-corrected chi connectivity index (χ1v) is 10.1. The molecule has 0 aliphatic carbocycles. The quantitative estimate of drug-likeness (QED) is 0.551. The zero-order chi connectivity index (χ0) is 19.8. The Kier molecular flexibility index (Phi) is 4.66. The first-order chi connectivity index (χ1) is 14.2. The number of halogens is 1. The predicted octanol–water partition coefficient (Wildman–Crippen LogP) is 4.23. The molecule has 1 unspecified atom stereocenters. The van der Waals surface area contributed by atoms with Gasteiger partial charge in [-0.05, 0) is 50.3 Å². The van der Waals surface area contributed by atoms with E-state index in [1.54, 1.807) is 6.20 Å². The molecule has 5 rings (SSSR count). The molecule has 1 aliphatic heterocycles. The van der Waals surface area contributed by atoms with Crippen molar-refractivity contribution < 1.29 is 0 Å². The number of hydrogen-bond donors (Lipinski definition) is 1. The van der Waals surface area contributed by atoms with Crippen molar-refractivity contribution in [1.82, 2.24) is 24.5 Å². The fraction of sp³-hybridized carbons (Fsp3) is 0.227. The molecule has 0 amide bonds. The van der Waals surface area contributed by atoms with Crippen LogP contribution in [0.1, 0.15) is 6.42 Å². The molecule has 29 heavy (non-hydrogen) atoms. The standard InChI is InChI=1S/C22H21ClN6/c1-28-13-10-17(14-28)25-22-24-11-9-18(26-22)20-19-4-2-3-12-29(19)27-21(20)15-5-7-16(23)8-6-15/h2-9,11-12,17H,10,13-14H2,1H3,(H,24,25,26). The first kappa shape index (κ1) is 18.1. The maximum atomic E-state index is 6.09. The Morgan fingerprint density at radius 2 is 1.97 bits per heavy atom. The summed E-state index contributed by atoms with van der Waals surface area (Å²) in [6.07, 6.45) is 4.85. The number of nitrogens with one attached hydrogen (secondary N) is 1. The molecule has 1 aliphatic rings. The second-order valence-corrected chi connectivity index (χ2v) is 7.86. The molecule has 7 heteroatoms. The Morgan fingerprint density at radius 3 is 2.76 bits per heavy atom. The number of likely N-dealkylation sites (tertiary alicyclic amines) is 1. The van der Waals surface area contributed by atoms with E-state index in [0.717, 1.165) is 47.5 Å². The Labute approximate surface area is 174 Å². The Hall–Kier alpha value is -2.96. The van der Waals surface area contributed by atoms with E-state index >= 15 is 0 Å². The number of pyridine rings is 1. The topological polar surface area (TPSA) is 58.3 Å². The summed E-state index contributed by atoms with van der Waals surface area (Å²) in [5.74, 6) is 0.653. The van der Waals surface area contributed by atoms with Gasteiger partial charge in [-0.2, -0.15) is 5.10 Å². The zero-order valence-corrected chi connectivity index (χ0v) is 16.8. The summed E-state index contributed by atoms with van der Waals surface area (Å²) in [7, 11) is 2.14. The van der Waals surface area contributed by atoms with Gasteiger partial charge in [0.1, 0.15) is 5.69 Å². The van der Waals surface area contributed by atoms with Gasteiger partial charge in [0.2, 0.25) is 5.95 Å². The monoisotopic (exact) mass is 404 g/mol. The second-order valence-electron chi connectivity index (χ2n) is 7.42. The minimum atomic E-state index is 0.370. The number of anilines is 1. The molecular weight excluding hydrogens is 384 g/mol. The summed E-state index contributed by atoms with van der Waals surface area (Å²) in [6, 6.07) is 16.1. The molecule has 4 heterocycles. The zero-order valence-electron chi connectivity index (χ0n) is 16.1. The smallest absolute Gasteiger partial charge is 0.223 e. The molecule has 0 radical (unpaired) electrons. The molecule has 1 atom stereocenters. The van der Waals surface area contributed by atoms with Crippen LogP contribution in [-0.2, 0) is 0 Å². The summed E-state index contributed by atoms with van der Waals surface area (Å²) in [5, 5.41) is 9.00. The van der Waals surface area contributed by atoms with Crippen LogP contribution in [0.15, 0.2) is 60.9 Å². The Balaban J connectivity index is 1.60. The first-order valence-electron chi connectivity index (χ1n) is 9.69. The third kappa shape index (κ3) is 3.57. The highest BCUT2D eigenvalue weighted by Crippen LogP contribution is 2.34. The van der Waals surface area contributed by atoms with Crippen LogP contribution in [0.3, 0.4) is 0 Å². The van der Waals surface area contributed by atoms with Gasteiger partial charge < -0.3 is 10.2 Å². The molecule has 1 fully saturated rings. The van der Waals surface area contributed by atoms with Gasteiger partial charge >= 0.3 is 0 Å². The third-order valence-electron chi connectivity index (χ3n) is 5.29. The van der Waals surface area contributed by atoms with Crippen molar-refractivity contribution in [1.29, 1.82) is 0 Å². The lowest BCUT2D eigenvalue weighted by molar-refractivity contribution is 0.414. The van der Waals surface area contributed by atoms with E-state index in [0.29, 0.717) is 17.0 Å². The van der Waals surface area contributed by atoms with Crippen molar-refractivity contribution in [2.75, 3.05) is 25.5 Å². The SMILES string of the molecule is CN1CCC(Nc2nccc(-c3c(-c4ccc(Cl)cc4)nn4ccccc34)n2)C1. The van der Waals surface area contributed by atoms with Crippen LogP contribution >= 0.6 is 11.6 Å². The number of fused-ring (bicyclic) bond motifs is 1. The number of nitrogens with zero attached hydrogens (tertiary/aromatic N) is 5. The molecule has 4 aromatic rings. The van der Waals surface area contributed by atoms with Gasteiger partial charge in [0.25, 0.3) is 0 Å². The lowest BCUT2D eigenvalue weighted by atomic mass is 10.0. The fourth-order valence-electron chi connectivity index (χ4n) is 3.86. The van der Waals surface area contributed by atoms with Gasteiger partial charge in [-0.15, -0.1) is 0 Å². The normalized spacial score (nSPS) is 17.1. The lowest BCUT2D eigenvalue weighted by Gasteiger charge is -2.13. The van der Waals surface area contributed by atoms with Gasteiger partial charge in [0.05, 0.1) is 16.8 Å². The number of likely N-dealkylation sites (N-methyl/N-ethyl adjacent to an activating group) is 1. The van der Waals surface area contributed by atoms with Gasteiger partial charge in [0, 0.05) is 35.6 Å². The number of rotatable bonds is 4. The molecule has 0 bridgehead atoms. The largest absolute Gasteiger partial charge is 0.350 e. The lowest BCUT2D eigenvalue weighted by Crippen LogP contribution is -2.24. The molecule has 1 aromatic carbocycles. The highest BCUT2D eigenvalue weighted by molar-refractivity contribution is 6.30. The van der Waals surface area contributed by atoms with Crippen molar-refractivity contribution >= 4 is 23.1 Å². The summed E-state index contributed by atoms with van der Waals surface area (Å²) >= 11 is 6.09. The van der Waals surface area contributed by atoms with E-state index in [4.69, 9.17) is 21.7 Å². The predicted molar refractivity (Wildman–Crippen MR) is 116 cm³/mol. The van der Waals surface area contributed by atoms with E-state index in [1.165, 1.54) is 0 Å². The number of hydrogen-bond acceptors (Lipinski definition) is 5. The van der Waals surface area contributed by atoms with Gasteiger partial charge in [-0.1, -0.05) is 29.8 Å². The van der Waals surface area contributed by atoms with Crippen molar-refractivity contribution in [3.8, 4) is 22.5 Å². The van der Waals surface area contributed by atoms with Crippen LogP contribution in [0.5, 0.6) is 0 Å². The average Bonchev–Trinajstić information content (AvgIpc) is 3.32. The molecule has 0 saturated carbocycles. The highest BCUT2D eigenvalue weighted by atomic mass is 35.5. The van der Waals surface area contributed by atoms with Gasteiger partial charge in [-0.3, -0.25) is 0 Å². The number of aromatic nitrogens is 4. The molecule has 146 valence electrons. The van der Waals surface area contributed by atoms with E-state index < -0.39 is 0 Å². The summed E-state index contributed by atoms with van der Waals surface area (Å²) in [6.45, 7) is 2.09. The molecular formula is C22H21ClN6. The van der Waals surface area contributed by atoms with Crippen molar-refractivity contribution in [3.05, 3.63) is 65.9 Å². The van der Waals surface area contributed by atoms with E-state index in [-0.39, 0.29) is 0 Å². The highest BCUT2D eigenvalue weighted by Gasteiger charge is 2.21. The molecule has 3 aromatic heterocycles. The van der Waals surface area contributed by atoms with Crippen LogP contribution in [0.2, 0.25) is 5.02 Å². The van der Waals surface area contributed by atoms with Crippen molar-refractivity contribution in [2.24, 2.45) is 0 Å². The molecule has 1 N–H and O–H groups in total. The van der Waals surface area contributed by atoms with E-state index in [9.17, 15) is 0 Å². The molecule has 0 spiro atoms. The van der Waals surface area contributed by atoms with E-state index in [1.807, 2.05) is 53.2 Å². The van der Waals surface area contributed by atoms with E-state index in [2.05, 4.69) is 28.3 Å². The minimum absolute atomic E-state index is 0.370. The molecule has 1 saturated heterocycles. The van der Waals surface area contributed by atoms with Crippen molar-refractivity contribution in [2.45, 2.75) is 12.5 Å². The maximum absolute atomic E-state index is 6.09. The number of benzene rings is 1. The van der Waals surface area contributed by atoms with Crippen LogP contribution in [0, 0.1) is 0 Å². The van der Waals surface area contributed by atoms with Crippen LogP contribution in [0.4, 0.5) is 5.95 Å². The Bertz CT molecular complexity index is 1150. The van der Waals surface area contributed by atoms with Gasteiger partial charge in [-0.25, -0.2) is 14.5 Å². The fourth-order valence-corrected chi connectivity index (χ4v) is 3.99. The second kappa shape index (κ2) is 7.46. The van der Waals surface area contributed by atoms with Gasteiger partial charge in [0.15, 0.2) is 0 Å². The minimum Gasteiger partial charge on any atom is -0.350 e. The summed E-state index contributed by atoms with van der Waals surface area (Å²) in [4.78, 5) is 11.6. The van der Waals surface area contributed by atoms with Crippen LogP contribution in [0.25, 0.3) is 28.0 Å².